The SMILES string of the molecule is CC(C)c1ccccc1[C@@H]1CCCN1C1CC2(C1)CN(c1ccc(C(=O)NS(=O)(=O)c3ccc(NCC4CCOCC4)c([N+](=O)[O-])c3)c(N3c4cc5ccn(COCC[Si](C)(C)C)c5nc4O[C@@H]4COC[C@H]43)c1)C2. The molecular formula is C55H70N8O9SSi. The number of sulfonamides is 1. The standard InChI is InChI=1S/C55H70N8O9SSi/c1-36(2)42-9-6-7-10-43(42)46-11-8-19-61(46)40-28-55(29-40)33-60(34-55)39-12-14-44(53(64)58-73(67,68)41-13-15-45(48(27-41)63(65)66)56-30-37-17-21-69-22-18-37)47(26-39)62-49-25-38-16-20-59(35-70-23-24-74(3,4)5)52(38)57-54(49)72-51-32-71-31-50(51)62/h6-7,9-10,12-16,20,25-27,36-37,40,46,50-51,56H,8,11,17-19,21-24,28-35H2,1-5H3,(H,58,64)/t46-,50+,51+/m0/s1. The van der Waals surface area contributed by atoms with Crippen LogP contribution in [0.15, 0.2) is 83.9 Å². The van der Waals surface area contributed by atoms with Gasteiger partial charge in [0.2, 0.25) is 5.88 Å². The molecule has 5 aliphatic heterocycles. The Bertz CT molecular complexity index is 3030. The van der Waals surface area contributed by atoms with Crippen molar-refractivity contribution in [1.29, 1.82) is 0 Å². The predicted octanol–water partition coefficient (Wildman–Crippen LogP) is 9.44. The maximum Gasteiger partial charge on any atom is 0.293 e. The van der Waals surface area contributed by atoms with Gasteiger partial charge in [-0.3, -0.25) is 19.8 Å². The number of ether oxygens (including phenoxy) is 4. The summed E-state index contributed by atoms with van der Waals surface area (Å²) in [5.74, 6) is 0.225. The van der Waals surface area contributed by atoms with E-state index in [1.54, 1.807) is 6.07 Å². The van der Waals surface area contributed by atoms with Crippen LogP contribution in [0.3, 0.4) is 0 Å². The number of nitro benzene ring substituents is 1. The van der Waals surface area contributed by atoms with E-state index in [0.717, 1.165) is 68.5 Å². The van der Waals surface area contributed by atoms with E-state index in [1.807, 2.05) is 39.9 Å². The molecule has 0 bridgehead atoms. The van der Waals surface area contributed by atoms with Gasteiger partial charge in [-0.05, 0) is 117 Å². The zero-order valence-corrected chi connectivity index (χ0v) is 45.1. The first-order valence-electron chi connectivity index (χ1n) is 26.6. The first-order valence-corrected chi connectivity index (χ1v) is 31.7. The number of aromatic nitrogens is 2. The fourth-order valence-corrected chi connectivity index (χ4v) is 14.0. The second kappa shape index (κ2) is 20.2. The van der Waals surface area contributed by atoms with Crippen molar-refractivity contribution in [2.45, 2.75) is 120 Å². The first-order chi connectivity index (χ1) is 35.5. The van der Waals surface area contributed by atoms with E-state index in [0.29, 0.717) is 87.2 Å². The molecule has 0 radical (unpaired) electrons. The summed E-state index contributed by atoms with van der Waals surface area (Å²) in [7, 11) is -5.90. The van der Waals surface area contributed by atoms with Crippen LogP contribution in [0, 0.1) is 21.4 Å². The lowest BCUT2D eigenvalue weighted by molar-refractivity contribution is -0.384. The molecule has 1 saturated carbocycles. The Morgan fingerprint density at radius 3 is 2.54 bits per heavy atom. The second-order valence-corrected chi connectivity index (χ2v) is 30.4. The van der Waals surface area contributed by atoms with Crippen LogP contribution in [0.4, 0.5) is 28.4 Å². The molecule has 74 heavy (non-hydrogen) atoms. The molecule has 3 aromatic carbocycles. The van der Waals surface area contributed by atoms with Gasteiger partial charge in [0, 0.05) is 88.4 Å². The van der Waals surface area contributed by atoms with Crippen LogP contribution in [0.1, 0.15) is 85.8 Å². The number of carbonyl (C=O) groups excluding carboxylic acids is 1. The van der Waals surface area contributed by atoms with Crippen LogP contribution in [0.5, 0.6) is 5.88 Å². The molecule has 3 atom stereocenters. The lowest BCUT2D eigenvalue weighted by Gasteiger charge is -2.62. The van der Waals surface area contributed by atoms with Gasteiger partial charge in [-0.2, -0.15) is 4.98 Å². The number of anilines is 4. The van der Waals surface area contributed by atoms with Gasteiger partial charge in [0.05, 0.1) is 40.3 Å². The van der Waals surface area contributed by atoms with Gasteiger partial charge in [-0.25, -0.2) is 13.1 Å². The largest absolute Gasteiger partial charge is 0.468 e. The van der Waals surface area contributed by atoms with Crippen LogP contribution < -0.4 is 24.6 Å². The fourth-order valence-electron chi connectivity index (χ4n) is 12.3. The summed E-state index contributed by atoms with van der Waals surface area (Å²) < 4.78 is 56.9. The molecule has 1 aliphatic carbocycles. The van der Waals surface area contributed by atoms with E-state index in [2.05, 4.69) is 77.6 Å². The van der Waals surface area contributed by atoms with E-state index in [9.17, 15) is 23.3 Å². The summed E-state index contributed by atoms with van der Waals surface area (Å²) in [5, 5.41) is 16.3. The Morgan fingerprint density at radius 1 is 0.973 bits per heavy atom. The van der Waals surface area contributed by atoms with Gasteiger partial charge < -0.3 is 38.6 Å². The Labute approximate surface area is 435 Å². The van der Waals surface area contributed by atoms with E-state index in [-0.39, 0.29) is 28.6 Å². The average Bonchev–Trinajstić information content (AvgIpc) is 4.13. The highest BCUT2D eigenvalue weighted by molar-refractivity contribution is 7.90. The van der Waals surface area contributed by atoms with Crippen molar-refractivity contribution in [3.8, 4) is 5.88 Å². The lowest BCUT2D eigenvalue weighted by atomic mass is 9.60. The van der Waals surface area contributed by atoms with Crippen molar-refractivity contribution in [3.63, 3.8) is 0 Å². The summed E-state index contributed by atoms with van der Waals surface area (Å²) in [5.41, 5.74) is 5.73. The summed E-state index contributed by atoms with van der Waals surface area (Å²) in [4.78, 5) is 38.3. The molecule has 2 N–H and O–H groups in total. The Balaban J connectivity index is 0.888. The van der Waals surface area contributed by atoms with Crippen molar-refractivity contribution in [1.82, 2.24) is 19.2 Å². The molecule has 4 saturated heterocycles. The van der Waals surface area contributed by atoms with Crippen molar-refractivity contribution in [2.24, 2.45) is 11.3 Å². The number of carbonyl (C=O) groups is 1. The number of nitro groups is 1. The number of rotatable bonds is 17. The highest BCUT2D eigenvalue weighted by atomic mass is 32.2. The minimum Gasteiger partial charge on any atom is -0.468 e. The van der Waals surface area contributed by atoms with Crippen LogP contribution in [-0.2, 0) is 31.0 Å². The molecule has 6 aliphatic rings. The van der Waals surface area contributed by atoms with Crippen LogP contribution >= 0.6 is 0 Å². The van der Waals surface area contributed by atoms with E-state index in [4.69, 9.17) is 23.9 Å². The number of benzene rings is 3. The smallest absolute Gasteiger partial charge is 0.293 e. The van der Waals surface area contributed by atoms with Crippen molar-refractivity contribution in [3.05, 3.63) is 106 Å². The highest BCUT2D eigenvalue weighted by Crippen LogP contribution is 2.55. The Kier molecular flexibility index (Phi) is 13.8. The molecule has 19 heteroatoms. The van der Waals surface area contributed by atoms with Crippen LogP contribution in [0.2, 0.25) is 25.7 Å². The topological polar surface area (TPSA) is 183 Å². The van der Waals surface area contributed by atoms with Crippen LogP contribution in [-0.4, -0.2) is 119 Å². The number of nitrogens with zero attached hydrogens (tertiary/aromatic N) is 6. The molecule has 394 valence electrons. The number of hydrogen-bond acceptors (Lipinski definition) is 14. The van der Waals surface area contributed by atoms with Crippen LogP contribution in [0.25, 0.3) is 11.0 Å². The minimum absolute atomic E-state index is 0.106. The second-order valence-electron chi connectivity index (χ2n) is 23.1. The average molecular weight is 1050 g/mol. The van der Waals surface area contributed by atoms with E-state index in [1.165, 1.54) is 36.1 Å². The van der Waals surface area contributed by atoms with Crippen molar-refractivity contribution < 1.29 is 37.1 Å². The number of hydrogen-bond donors (Lipinski definition) is 2. The number of pyridine rings is 1. The maximum atomic E-state index is 14.8. The first kappa shape index (κ1) is 50.6. The zero-order valence-electron chi connectivity index (χ0n) is 43.3. The van der Waals surface area contributed by atoms with Gasteiger partial charge in [0.1, 0.15) is 29.9 Å². The van der Waals surface area contributed by atoms with E-state index >= 15 is 0 Å². The third-order valence-corrected chi connectivity index (χ3v) is 19.4. The van der Waals surface area contributed by atoms with Gasteiger partial charge in [-0.15, -0.1) is 0 Å². The highest BCUT2D eigenvalue weighted by Gasteiger charge is 2.55. The molecule has 7 heterocycles. The summed E-state index contributed by atoms with van der Waals surface area (Å²) in [6.07, 6.45) is 7.80. The zero-order chi connectivity index (χ0) is 51.5. The molecule has 11 rings (SSSR count). The van der Waals surface area contributed by atoms with Gasteiger partial charge in [-0.1, -0.05) is 57.8 Å². The number of fused-ring (bicyclic) bond motifs is 3. The Morgan fingerprint density at radius 2 is 1.77 bits per heavy atom. The fraction of sp³-hybridized carbons (Fsp3) is 0.527. The molecule has 1 spiro atoms. The predicted molar refractivity (Wildman–Crippen MR) is 288 cm³/mol. The van der Waals surface area contributed by atoms with E-state index < -0.39 is 45.6 Å². The molecular weight excluding hydrogens is 977 g/mol. The summed E-state index contributed by atoms with van der Waals surface area (Å²) in [6, 6.07) is 23.9. The van der Waals surface area contributed by atoms with Crippen molar-refractivity contribution >= 4 is 63.5 Å². The number of nitrogens with one attached hydrogen (secondary N) is 2. The molecule has 1 amide bonds. The monoisotopic (exact) mass is 1050 g/mol. The quantitative estimate of drug-likeness (QED) is 0.0389. The van der Waals surface area contributed by atoms with Gasteiger partial charge in [0.15, 0.2) is 0 Å². The van der Waals surface area contributed by atoms with Crippen molar-refractivity contribution in [2.75, 3.05) is 74.3 Å². The maximum absolute atomic E-state index is 14.8. The molecule has 17 nitrogen and oxygen atoms in total. The lowest BCUT2D eigenvalue weighted by Crippen LogP contribution is -2.66. The molecule has 2 aromatic heterocycles. The Hall–Kier alpha value is -5.57. The summed E-state index contributed by atoms with van der Waals surface area (Å²) >= 11 is 0. The molecule has 0 unspecified atom stereocenters. The molecule has 5 fully saturated rings. The summed E-state index contributed by atoms with van der Waals surface area (Å²) in [6.45, 7) is 17.7. The third-order valence-electron chi connectivity index (χ3n) is 16.4. The number of amides is 1. The van der Waals surface area contributed by atoms with Gasteiger partial charge in [0.25, 0.3) is 21.6 Å². The minimum atomic E-state index is -4.61. The molecule has 5 aromatic rings. The third kappa shape index (κ3) is 10.0. The van der Waals surface area contributed by atoms with Gasteiger partial charge >= 0.3 is 0 Å². The normalized spacial score (nSPS) is 22.1. The number of likely N-dealkylation sites (tertiary alicyclic amines) is 1.